The molecule has 0 radical (unpaired) electrons. The average Bonchev–Trinajstić information content (AvgIpc) is 3.36. The Kier molecular flexibility index (Phi) is 4.14. The van der Waals surface area contributed by atoms with Gasteiger partial charge in [-0.25, -0.2) is 0 Å². The molecule has 4 nitrogen and oxygen atoms in total. The molecule has 1 spiro atoms. The van der Waals surface area contributed by atoms with Gasteiger partial charge in [-0.1, -0.05) is 37.3 Å². The van der Waals surface area contributed by atoms with Gasteiger partial charge in [-0.2, -0.15) is 0 Å². The largest absolute Gasteiger partial charge is 0.462 e. The Labute approximate surface area is 162 Å². The lowest BCUT2D eigenvalue weighted by Crippen LogP contribution is -2.86. The van der Waals surface area contributed by atoms with Gasteiger partial charge in [-0.05, 0) is 50.4 Å². The van der Waals surface area contributed by atoms with Crippen LogP contribution in [0.4, 0.5) is 0 Å². The average molecular weight is 371 g/mol. The number of benzene rings is 1. The fourth-order valence-corrected chi connectivity index (χ4v) is 6.47. The zero-order valence-electron chi connectivity index (χ0n) is 16.5. The van der Waals surface area contributed by atoms with Crippen molar-refractivity contribution in [2.45, 2.75) is 63.7 Å². The molecule has 4 heteroatoms. The summed E-state index contributed by atoms with van der Waals surface area (Å²) in [6, 6.07) is 10.9. The van der Waals surface area contributed by atoms with Gasteiger partial charge in [0.15, 0.2) is 0 Å². The number of carbonyl (C=O) groups excluding carboxylic acids is 1. The van der Waals surface area contributed by atoms with E-state index in [4.69, 9.17) is 9.47 Å². The van der Waals surface area contributed by atoms with Crippen LogP contribution in [0.15, 0.2) is 30.3 Å². The number of nitrogens with two attached hydrogens (primary N) is 1. The Morgan fingerprint density at radius 2 is 2.04 bits per heavy atom. The summed E-state index contributed by atoms with van der Waals surface area (Å²) in [7, 11) is 0. The lowest BCUT2D eigenvalue weighted by atomic mass is 9.53. The van der Waals surface area contributed by atoms with Gasteiger partial charge in [0.2, 0.25) is 0 Å². The summed E-state index contributed by atoms with van der Waals surface area (Å²) in [5, 5.41) is 2.32. The first-order chi connectivity index (χ1) is 13.0. The molecule has 2 saturated heterocycles. The molecule has 146 valence electrons. The normalized spacial score (nSPS) is 43.7. The molecule has 0 aromatic heterocycles. The summed E-state index contributed by atoms with van der Waals surface area (Å²) < 4.78 is 11.9. The fraction of sp³-hybridized carbons (Fsp3) is 0.696. The van der Waals surface area contributed by atoms with Crippen molar-refractivity contribution in [2.75, 3.05) is 13.2 Å². The van der Waals surface area contributed by atoms with Crippen molar-refractivity contribution in [3.05, 3.63) is 35.9 Å². The summed E-state index contributed by atoms with van der Waals surface area (Å²) in [6.07, 6.45) is 5.98. The first kappa shape index (κ1) is 17.7. The van der Waals surface area contributed by atoms with Gasteiger partial charge in [0, 0.05) is 11.5 Å². The third-order valence-corrected chi connectivity index (χ3v) is 8.15. The summed E-state index contributed by atoms with van der Waals surface area (Å²) >= 11 is 0. The zero-order valence-corrected chi connectivity index (χ0v) is 16.5. The second-order valence-corrected chi connectivity index (χ2v) is 9.77. The van der Waals surface area contributed by atoms with Crippen molar-refractivity contribution in [2.24, 2.45) is 23.2 Å². The minimum absolute atomic E-state index is 0.0310. The molecule has 7 atom stereocenters. The van der Waals surface area contributed by atoms with Crippen LogP contribution in [0.1, 0.15) is 57.6 Å². The van der Waals surface area contributed by atoms with E-state index in [1.54, 1.807) is 0 Å². The van der Waals surface area contributed by atoms with Gasteiger partial charge in [0.25, 0.3) is 0 Å². The van der Waals surface area contributed by atoms with Gasteiger partial charge in [0.05, 0.1) is 18.8 Å². The van der Waals surface area contributed by atoms with Crippen LogP contribution in [-0.2, 0) is 14.3 Å². The highest BCUT2D eigenvalue weighted by molar-refractivity contribution is 5.75. The SMILES string of the molecule is C[C@H]([NH2+]C[C@H]1C(=O)O[C@@H]2C[C@@]3(C)CCC[C@]4(CO4)[C@@H]3C[C@@H]21)c1ccccc1. The summed E-state index contributed by atoms with van der Waals surface area (Å²) in [4.78, 5) is 12.7. The second-order valence-electron chi connectivity index (χ2n) is 9.77. The molecule has 1 aromatic carbocycles. The minimum atomic E-state index is 0.0310. The maximum atomic E-state index is 12.7. The van der Waals surface area contributed by atoms with Crippen molar-refractivity contribution in [3.63, 3.8) is 0 Å². The number of fused-ring (bicyclic) bond motifs is 3. The molecular formula is C23H32NO3+. The quantitative estimate of drug-likeness (QED) is 0.655. The number of rotatable bonds is 4. The molecule has 0 bridgehead atoms. The van der Waals surface area contributed by atoms with E-state index < -0.39 is 0 Å². The van der Waals surface area contributed by atoms with Crippen LogP contribution in [0.5, 0.6) is 0 Å². The highest BCUT2D eigenvalue weighted by Crippen LogP contribution is 2.62. The molecule has 5 rings (SSSR count). The topological polar surface area (TPSA) is 55.4 Å². The van der Waals surface area contributed by atoms with Crippen LogP contribution in [0.2, 0.25) is 0 Å². The van der Waals surface area contributed by atoms with Crippen LogP contribution < -0.4 is 5.32 Å². The van der Waals surface area contributed by atoms with Gasteiger partial charge < -0.3 is 14.8 Å². The van der Waals surface area contributed by atoms with Gasteiger partial charge in [0.1, 0.15) is 18.1 Å². The molecule has 1 aromatic rings. The van der Waals surface area contributed by atoms with Crippen molar-refractivity contribution in [1.29, 1.82) is 0 Å². The van der Waals surface area contributed by atoms with Crippen LogP contribution in [0, 0.1) is 23.2 Å². The van der Waals surface area contributed by atoms with E-state index in [0.29, 0.717) is 17.9 Å². The third kappa shape index (κ3) is 2.92. The Morgan fingerprint density at radius 1 is 1.26 bits per heavy atom. The number of carbonyl (C=O) groups is 1. The number of hydrogen-bond acceptors (Lipinski definition) is 3. The summed E-state index contributed by atoms with van der Waals surface area (Å²) in [5.41, 5.74) is 1.73. The molecule has 4 fully saturated rings. The molecule has 27 heavy (non-hydrogen) atoms. The van der Waals surface area contributed by atoms with Crippen molar-refractivity contribution < 1.29 is 19.6 Å². The second kappa shape index (κ2) is 6.31. The van der Waals surface area contributed by atoms with Crippen LogP contribution in [-0.4, -0.2) is 30.8 Å². The minimum Gasteiger partial charge on any atom is -0.462 e. The number of epoxide rings is 1. The molecule has 0 unspecified atom stereocenters. The third-order valence-electron chi connectivity index (χ3n) is 8.15. The molecule has 2 aliphatic carbocycles. The van der Waals surface area contributed by atoms with Crippen molar-refractivity contribution >= 4 is 5.97 Å². The summed E-state index contributed by atoms with van der Waals surface area (Å²) in [6.45, 7) is 6.40. The molecule has 2 heterocycles. The van der Waals surface area contributed by atoms with E-state index in [1.165, 1.54) is 24.8 Å². The van der Waals surface area contributed by atoms with E-state index in [9.17, 15) is 4.79 Å². The number of ether oxygens (including phenoxy) is 2. The van der Waals surface area contributed by atoms with E-state index in [2.05, 4.69) is 43.4 Å². The van der Waals surface area contributed by atoms with Crippen LogP contribution in [0.3, 0.4) is 0 Å². The first-order valence-electron chi connectivity index (χ1n) is 10.7. The number of esters is 1. The molecule has 2 saturated carbocycles. The molecule has 2 aliphatic heterocycles. The number of quaternary nitrogens is 1. The van der Waals surface area contributed by atoms with E-state index in [-0.39, 0.29) is 29.0 Å². The van der Waals surface area contributed by atoms with E-state index >= 15 is 0 Å². The Morgan fingerprint density at radius 3 is 2.78 bits per heavy atom. The fourth-order valence-electron chi connectivity index (χ4n) is 6.47. The highest BCUT2D eigenvalue weighted by atomic mass is 16.6. The van der Waals surface area contributed by atoms with Gasteiger partial charge in [-0.15, -0.1) is 0 Å². The predicted octanol–water partition coefficient (Wildman–Crippen LogP) is 2.84. The van der Waals surface area contributed by atoms with Gasteiger partial charge in [-0.3, -0.25) is 4.79 Å². The smallest absolute Gasteiger partial charge is 0.315 e. The Balaban J connectivity index is 1.30. The van der Waals surface area contributed by atoms with Crippen molar-refractivity contribution in [1.82, 2.24) is 0 Å². The number of hydrogen-bond donors (Lipinski definition) is 1. The van der Waals surface area contributed by atoms with Crippen LogP contribution >= 0.6 is 0 Å². The first-order valence-corrected chi connectivity index (χ1v) is 10.7. The standard InChI is InChI=1S/C23H31NO3/c1-15(16-7-4-3-5-8-16)24-13-18-17-11-20-22(2,12-19(17)27-21(18)25)9-6-10-23(20)14-26-23/h3-5,7-8,15,17-20,24H,6,9-14H2,1-2H3/p+1/t15-,17+,18+,19+,20+,22+,23-/m0/s1. The molecular weight excluding hydrogens is 338 g/mol. The Hall–Kier alpha value is -1.39. The lowest BCUT2D eigenvalue weighted by molar-refractivity contribution is -0.696. The monoisotopic (exact) mass is 370 g/mol. The molecule has 4 aliphatic rings. The summed E-state index contributed by atoms with van der Waals surface area (Å²) in [5.74, 6) is 1.04. The predicted molar refractivity (Wildman–Crippen MR) is 102 cm³/mol. The Bertz CT molecular complexity index is 716. The maximum Gasteiger partial charge on any atom is 0.315 e. The van der Waals surface area contributed by atoms with Crippen LogP contribution in [0.25, 0.3) is 0 Å². The molecule has 2 N–H and O–H groups in total. The van der Waals surface area contributed by atoms with Crippen molar-refractivity contribution in [3.8, 4) is 0 Å². The maximum absolute atomic E-state index is 12.7. The lowest BCUT2D eigenvalue weighted by Gasteiger charge is -2.51. The highest BCUT2D eigenvalue weighted by Gasteiger charge is 2.65. The zero-order chi connectivity index (χ0) is 18.6. The van der Waals surface area contributed by atoms with E-state index in [1.807, 2.05) is 6.07 Å². The van der Waals surface area contributed by atoms with E-state index in [0.717, 1.165) is 26.0 Å². The van der Waals surface area contributed by atoms with Gasteiger partial charge >= 0.3 is 5.97 Å². The molecule has 0 amide bonds.